The second-order valence-corrected chi connectivity index (χ2v) is 2.34. The van der Waals surface area contributed by atoms with Crippen molar-refractivity contribution in [2.24, 2.45) is 4.99 Å². The van der Waals surface area contributed by atoms with Gasteiger partial charge in [-0.2, -0.15) is 13.2 Å². The highest BCUT2D eigenvalue weighted by atomic mass is 19.4. The fourth-order valence-corrected chi connectivity index (χ4v) is 0.778. The maximum absolute atomic E-state index is 11.8. The molecule has 1 unspecified atom stereocenters. The topological polar surface area (TPSA) is 15.6 Å². The van der Waals surface area contributed by atoms with Crippen LogP contribution < -0.4 is 0 Å². The molecule has 0 aromatic carbocycles. The molecule has 2 radical (unpaired) electrons. The Morgan fingerprint density at radius 3 is 2.58 bits per heavy atom. The lowest BCUT2D eigenvalue weighted by Crippen LogP contribution is -2.30. The van der Waals surface area contributed by atoms with Gasteiger partial charge in [-0.3, -0.25) is 4.99 Å². The Hall–Kier alpha value is -0.810. The van der Waals surface area contributed by atoms with Gasteiger partial charge in [0, 0.05) is 0 Å². The molecule has 0 aliphatic carbocycles. The third-order valence-electron chi connectivity index (χ3n) is 1.21. The van der Waals surface area contributed by atoms with Gasteiger partial charge >= 0.3 is 6.18 Å². The Bertz CT molecular complexity index is 177. The van der Waals surface area contributed by atoms with Gasteiger partial charge in [0.2, 0.25) is 0 Å². The van der Waals surface area contributed by atoms with E-state index in [2.05, 4.69) is 11.3 Å². The highest BCUT2D eigenvalue weighted by Crippen LogP contribution is 2.19. The molecule has 0 saturated heterocycles. The average molecular weight is 182 g/mol. The maximum atomic E-state index is 11.8. The molecule has 2 nitrogen and oxygen atoms in total. The molecule has 0 aromatic heterocycles. The summed E-state index contributed by atoms with van der Waals surface area (Å²) in [6, 6.07) is -0.799. The fraction of sp³-hybridized carbons (Fsp3) is 0.667. The van der Waals surface area contributed by atoms with Crippen LogP contribution in [0.1, 0.15) is 0 Å². The second-order valence-electron chi connectivity index (χ2n) is 2.34. The van der Waals surface area contributed by atoms with E-state index in [-0.39, 0.29) is 0 Å². The number of rotatable bonds is 2. The summed E-state index contributed by atoms with van der Waals surface area (Å²) in [6.45, 7) is -0.887. The van der Waals surface area contributed by atoms with Gasteiger partial charge in [-0.25, -0.2) is 4.39 Å². The van der Waals surface area contributed by atoms with E-state index >= 15 is 0 Å². The summed E-state index contributed by atoms with van der Waals surface area (Å²) in [5.74, 6) is 0. The van der Waals surface area contributed by atoms with Crippen LogP contribution >= 0.6 is 0 Å². The van der Waals surface area contributed by atoms with Crippen LogP contribution in [0.3, 0.4) is 0 Å². The number of hydrogen-bond donors (Lipinski definition) is 0. The SMILES string of the molecule is FCC1[CH]N(CC(F)(F)F)[C]=N1. The summed E-state index contributed by atoms with van der Waals surface area (Å²) in [4.78, 5) is 4.08. The van der Waals surface area contributed by atoms with Crippen molar-refractivity contribution in [3.05, 3.63) is 6.54 Å². The standard InChI is InChI=1S/C6H6F4N2/c7-1-5-2-12(4-11-5)3-6(8,9)10/h2,5H,1,3H2. The van der Waals surface area contributed by atoms with Crippen LogP contribution in [0.5, 0.6) is 0 Å². The van der Waals surface area contributed by atoms with Crippen molar-refractivity contribution in [1.82, 2.24) is 4.90 Å². The lowest BCUT2D eigenvalue weighted by molar-refractivity contribution is -0.134. The highest BCUT2D eigenvalue weighted by molar-refractivity contribution is 5.59. The molecule has 6 heteroatoms. The van der Waals surface area contributed by atoms with Gasteiger partial charge in [-0.15, -0.1) is 0 Å². The third-order valence-corrected chi connectivity index (χ3v) is 1.21. The van der Waals surface area contributed by atoms with Crippen LogP contribution in [-0.4, -0.2) is 36.7 Å². The van der Waals surface area contributed by atoms with Crippen molar-refractivity contribution in [1.29, 1.82) is 0 Å². The van der Waals surface area contributed by atoms with Crippen LogP contribution in [0.4, 0.5) is 17.6 Å². The minimum absolute atomic E-state index is 0.713. The minimum Gasteiger partial charge on any atom is -0.337 e. The van der Waals surface area contributed by atoms with E-state index in [0.717, 1.165) is 6.54 Å². The Labute approximate surface area is 66.9 Å². The molecule has 1 atom stereocenters. The van der Waals surface area contributed by atoms with Gasteiger partial charge in [0.1, 0.15) is 19.3 Å². The van der Waals surface area contributed by atoms with Crippen LogP contribution in [-0.2, 0) is 0 Å². The second kappa shape index (κ2) is 3.28. The monoisotopic (exact) mass is 182 g/mol. The average Bonchev–Trinajstić information content (AvgIpc) is 2.32. The van der Waals surface area contributed by atoms with Gasteiger partial charge < -0.3 is 4.90 Å². The zero-order valence-electron chi connectivity index (χ0n) is 5.98. The van der Waals surface area contributed by atoms with E-state index in [1.807, 2.05) is 0 Å². The van der Waals surface area contributed by atoms with Crippen LogP contribution in [0.2, 0.25) is 0 Å². The van der Waals surface area contributed by atoms with E-state index < -0.39 is 25.4 Å². The van der Waals surface area contributed by atoms with Crippen molar-refractivity contribution >= 4 is 6.34 Å². The number of hydrogen-bond acceptors (Lipinski definition) is 2. The first-order chi connectivity index (χ1) is 5.51. The van der Waals surface area contributed by atoms with Gasteiger partial charge in [-0.1, -0.05) is 0 Å². The number of aliphatic imine (C=N–C) groups is 1. The van der Waals surface area contributed by atoms with E-state index in [1.54, 1.807) is 0 Å². The predicted octanol–water partition coefficient (Wildman–Crippen LogP) is 1.27. The zero-order chi connectivity index (χ0) is 9.19. The molecule has 1 heterocycles. The third kappa shape index (κ3) is 2.67. The normalized spacial score (nSPS) is 23.7. The van der Waals surface area contributed by atoms with E-state index in [4.69, 9.17) is 0 Å². The molecule has 12 heavy (non-hydrogen) atoms. The van der Waals surface area contributed by atoms with Gasteiger partial charge in [0.05, 0.1) is 6.54 Å². The van der Waals surface area contributed by atoms with Crippen molar-refractivity contribution < 1.29 is 17.6 Å². The highest BCUT2D eigenvalue weighted by Gasteiger charge is 2.33. The quantitative estimate of drug-likeness (QED) is 0.587. The van der Waals surface area contributed by atoms with Crippen molar-refractivity contribution in [3.63, 3.8) is 0 Å². The van der Waals surface area contributed by atoms with Crippen molar-refractivity contribution in [3.8, 4) is 0 Å². The predicted molar refractivity (Wildman–Crippen MR) is 34.3 cm³/mol. The molecule has 0 amide bonds. The molecule has 0 saturated carbocycles. The molecule has 1 rings (SSSR count). The summed E-state index contributed by atoms with van der Waals surface area (Å²) in [7, 11) is 0. The summed E-state index contributed by atoms with van der Waals surface area (Å²) >= 11 is 0. The molecule has 0 fully saturated rings. The Morgan fingerprint density at radius 1 is 1.50 bits per heavy atom. The summed E-state index contributed by atoms with van der Waals surface area (Å²) in [5.41, 5.74) is 0. The minimum atomic E-state index is -4.30. The fourth-order valence-electron chi connectivity index (χ4n) is 0.778. The van der Waals surface area contributed by atoms with Gasteiger partial charge in [0.25, 0.3) is 0 Å². The first-order valence-electron chi connectivity index (χ1n) is 3.21. The molecule has 68 valence electrons. The lowest BCUT2D eigenvalue weighted by atomic mass is 10.3. The lowest BCUT2D eigenvalue weighted by Gasteiger charge is -2.15. The first kappa shape index (κ1) is 9.28. The summed E-state index contributed by atoms with van der Waals surface area (Å²) < 4.78 is 46.9. The van der Waals surface area contributed by atoms with E-state index in [1.165, 1.54) is 0 Å². The Balaban J connectivity index is 2.34. The summed E-state index contributed by atoms with van der Waals surface area (Å²) in [6.07, 6.45) is -2.24. The van der Waals surface area contributed by atoms with Crippen LogP contribution in [0.15, 0.2) is 4.99 Å². The molecule has 1 aliphatic heterocycles. The maximum Gasteiger partial charge on any atom is 0.405 e. The summed E-state index contributed by atoms with van der Waals surface area (Å²) in [5, 5.41) is 0. The largest absolute Gasteiger partial charge is 0.405 e. The Morgan fingerprint density at radius 2 is 2.17 bits per heavy atom. The van der Waals surface area contributed by atoms with Gasteiger partial charge in [0.15, 0.2) is 6.34 Å². The molecule has 0 spiro atoms. The van der Waals surface area contributed by atoms with E-state index in [0.29, 0.717) is 4.90 Å². The molecule has 0 N–H and O–H groups in total. The molecular weight excluding hydrogens is 176 g/mol. The Kier molecular flexibility index (Phi) is 2.54. The molecule has 0 bridgehead atoms. The van der Waals surface area contributed by atoms with Crippen LogP contribution in [0, 0.1) is 6.54 Å². The first-order valence-corrected chi connectivity index (χ1v) is 3.21. The number of alkyl halides is 4. The zero-order valence-corrected chi connectivity index (χ0v) is 5.98. The smallest absolute Gasteiger partial charge is 0.337 e. The van der Waals surface area contributed by atoms with Crippen molar-refractivity contribution in [2.75, 3.05) is 13.2 Å². The molecule has 1 aliphatic rings. The molecule has 0 aromatic rings. The molecular formula is C6H6F4N2. The number of halogens is 4. The van der Waals surface area contributed by atoms with Crippen LogP contribution in [0.25, 0.3) is 0 Å². The van der Waals surface area contributed by atoms with Gasteiger partial charge in [-0.05, 0) is 0 Å². The number of nitrogens with zero attached hydrogens (tertiary/aromatic N) is 2. The van der Waals surface area contributed by atoms with E-state index in [9.17, 15) is 17.6 Å². The van der Waals surface area contributed by atoms with Crippen molar-refractivity contribution in [2.45, 2.75) is 12.2 Å².